The van der Waals surface area contributed by atoms with Gasteiger partial charge in [0.05, 0.1) is 18.6 Å². The van der Waals surface area contributed by atoms with Gasteiger partial charge in [-0.15, -0.1) is 0 Å². The quantitative estimate of drug-likeness (QED) is 0.359. The lowest BCUT2D eigenvalue weighted by atomic mass is 9.82. The second-order valence-corrected chi connectivity index (χ2v) is 7.42. The highest BCUT2D eigenvalue weighted by Crippen LogP contribution is 2.48. The van der Waals surface area contributed by atoms with Crippen LogP contribution in [0.4, 0.5) is 0 Å². The topological polar surface area (TPSA) is 85.4 Å². The summed E-state index contributed by atoms with van der Waals surface area (Å²) in [6.45, 7) is 9.12. The van der Waals surface area contributed by atoms with E-state index in [-0.39, 0.29) is 12.7 Å². The molecule has 3 aliphatic rings. The van der Waals surface area contributed by atoms with E-state index in [0.717, 1.165) is 18.4 Å². The number of allylic oxidation sites excluding steroid dienone is 2. The normalized spacial score (nSPS) is 37.2. The first kappa shape index (κ1) is 18.9. The maximum absolute atomic E-state index is 12.4. The van der Waals surface area contributed by atoms with Gasteiger partial charge in [-0.3, -0.25) is 0 Å². The van der Waals surface area contributed by atoms with E-state index in [2.05, 4.69) is 6.58 Å². The van der Waals surface area contributed by atoms with Crippen molar-refractivity contribution in [1.82, 2.24) is 0 Å². The Morgan fingerprint density at radius 3 is 2.92 bits per heavy atom. The van der Waals surface area contributed by atoms with Gasteiger partial charge in [0, 0.05) is 17.6 Å². The molecule has 2 saturated heterocycles. The van der Waals surface area contributed by atoms with Crippen LogP contribution in [0.5, 0.6) is 0 Å². The molecule has 26 heavy (non-hydrogen) atoms. The SMILES string of the molecule is C=C1C(=O)O[C@@H]2C=C(C)CC[C@H]3O[C@@]3(CO)C[C@@H](OC(=O)/C(C)=C\C)[C@@H]12. The van der Waals surface area contributed by atoms with Gasteiger partial charge in [0.2, 0.25) is 0 Å². The smallest absolute Gasteiger partial charge is 0.334 e. The van der Waals surface area contributed by atoms with Crippen molar-refractivity contribution in [3.05, 3.63) is 35.5 Å². The summed E-state index contributed by atoms with van der Waals surface area (Å²) in [5.74, 6) is -1.41. The average molecular weight is 362 g/mol. The highest BCUT2D eigenvalue weighted by atomic mass is 16.6. The van der Waals surface area contributed by atoms with Crippen LogP contribution in [0.1, 0.15) is 40.0 Å². The number of aliphatic hydroxyl groups excluding tert-OH is 1. The lowest BCUT2D eigenvalue weighted by Gasteiger charge is -2.29. The molecule has 3 rings (SSSR count). The van der Waals surface area contributed by atoms with Crippen LogP contribution in [0.15, 0.2) is 35.5 Å². The summed E-state index contributed by atoms with van der Waals surface area (Å²) in [4.78, 5) is 24.5. The molecule has 0 spiro atoms. The number of hydrogen-bond donors (Lipinski definition) is 1. The molecule has 0 aromatic carbocycles. The lowest BCUT2D eigenvalue weighted by molar-refractivity contribution is -0.148. The Morgan fingerprint density at radius 2 is 2.27 bits per heavy atom. The van der Waals surface area contributed by atoms with Gasteiger partial charge in [0.1, 0.15) is 17.8 Å². The van der Waals surface area contributed by atoms with Crippen LogP contribution < -0.4 is 0 Å². The third-order valence-electron chi connectivity index (χ3n) is 5.65. The van der Waals surface area contributed by atoms with E-state index in [1.54, 1.807) is 19.9 Å². The summed E-state index contributed by atoms with van der Waals surface area (Å²) < 4.78 is 17.0. The number of epoxide rings is 1. The number of esters is 2. The van der Waals surface area contributed by atoms with E-state index in [9.17, 15) is 14.7 Å². The Hall–Kier alpha value is -1.92. The van der Waals surface area contributed by atoms with Gasteiger partial charge < -0.3 is 19.3 Å². The zero-order valence-corrected chi connectivity index (χ0v) is 15.5. The molecule has 2 aliphatic heterocycles. The predicted octanol–water partition coefficient (Wildman–Crippen LogP) is 2.22. The standard InChI is InChI=1S/C20H26O6/c1-5-12(3)18(22)25-15-9-20(10-21)16(26-20)7-6-11(2)8-14-17(15)13(4)19(23)24-14/h5,8,14-17,21H,4,6-7,9-10H2,1-3H3/b11-8?,12-5-/t14-,15-,16-,17+,20-/m1/s1. The van der Waals surface area contributed by atoms with Gasteiger partial charge in [0.25, 0.3) is 0 Å². The Kier molecular flexibility index (Phi) is 5.08. The van der Waals surface area contributed by atoms with Crippen molar-refractivity contribution in [3.63, 3.8) is 0 Å². The molecule has 5 atom stereocenters. The van der Waals surface area contributed by atoms with E-state index >= 15 is 0 Å². The highest BCUT2D eigenvalue weighted by molar-refractivity contribution is 5.92. The maximum atomic E-state index is 12.4. The molecule has 0 amide bonds. The van der Waals surface area contributed by atoms with Crippen molar-refractivity contribution in [2.45, 2.75) is 63.9 Å². The van der Waals surface area contributed by atoms with Crippen LogP contribution in [0.25, 0.3) is 0 Å². The maximum Gasteiger partial charge on any atom is 0.334 e. The van der Waals surface area contributed by atoms with Crippen molar-refractivity contribution < 1.29 is 28.9 Å². The number of hydrogen-bond acceptors (Lipinski definition) is 6. The number of rotatable bonds is 3. The molecular formula is C20H26O6. The fourth-order valence-electron chi connectivity index (χ4n) is 3.79. The van der Waals surface area contributed by atoms with Crippen LogP contribution in [0, 0.1) is 5.92 Å². The van der Waals surface area contributed by atoms with Gasteiger partial charge in [-0.05, 0) is 39.7 Å². The zero-order valence-electron chi connectivity index (χ0n) is 15.5. The predicted molar refractivity (Wildman–Crippen MR) is 94.1 cm³/mol. The summed E-state index contributed by atoms with van der Waals surface area (Å²) in [6.07, 6.45) is 4.19. The van der Waals surface area contributed by atoms with Gasteiger partial charge >= 0.3 is 11.9 Å². The number of fused-ring (bicyclic) bond motifs is 2. The summed E-state index contributed by atoms with van der Waals surface area (Å²) >= 11 is 0. The first-order valence-electron chi connectivity index (χ1n) is 9.01. The van der Waals surface area contributed by atoms with Crippen molar-refractivity contribution in [2.24, 2.45) is 5.92 Å². The fraction of sp³-hybridized carbons (Fsp3) is 0.600. The molecule has 0 aromatic heterocycles. The molecule has 6 nitrogen and oxygen atoms in total. The average Bonchev–Trinajstić information content (AvgIpc) is 3.23. The monoisotopic (exact) mass is 362 g/mol. The van der Waals surface area contributed by atoms with Crippen molar-refractivity contribution in [3.8, 4) is 0 Å². The second kappa shape index (κ2) is 7.00. The fourth-order valence-corrected chi connectivity index (χ4v) is 3.79. The Balaban J connectivity index is 1.97. The molecule has 2 fully saturated rings. The van der Waals surface area contributed by atoms with Gasteiger partial charge in [-0.1, -0.05) is 18.2 Å². The van der Waals surface area contributed by atoms with Gasteiger partial charge in [0.15, 0.2) is 0 Å². The van der Waals surface area contributed by atoms with Gasteiger partial charge in [-0.2, -0.15) is 0 Å². The summed E-state index contributed by atoms with van der Waals surface area (Å²) in [7, 11) is 0. The van der Waals surface area contributed by atoms with Crippen molar-refractivity contribution in [2.75, 3.05) is 6.61 Å². The van der Waals surface area contributed by atoms with Crippen molar-refractivity contribution in [1.29, 1.82) is 0 Å². The first-order valence-corrected chi connectivity index (χ1v) is 9.01. The molecule has 2 heterocycles. The molecule has 1 N–H and O–H groups in total. The number of aliphatic hydroxyl groups is 1. The third kappa shape index (κ3) is 3.35. The van der Waals surface area contributed by atoms with E-state index in [1.165, 1.54) is 0 Å². The zero-order chi connectivity index (χ0) is 19.1. The molecule has 0 aromatic rings. The largest absolute Gasteiger partial charge is 0.458 e. The molecule has 0 saturated carbocycles. The van der Waals surface area contributed by atoms with Gasteiger partial charge in [-0.25, -0.2) is 9.59 Å². The third-order valence-corrected chi connectivity index (χ3v) is 5.65. The van der Waals surface area contributed by atoms with E-state index in [4.69, 9.17) is 14.2 Å². The van der Waals surface area contributed by atoms with Crippen LogP contribution in [-0.2, 0) is 23.8 Å². The number of ether oxygens (including phenoxy) is 3. The minimum absolute atomic E-state index is 0.0808. The Bertz CT molecular complexity index is 690. The van der Waals surface area contributed by atoms with Crippen LogP contribution in [0.2, 0.25) is 0 Å². The van der Waals surface area contributed by atoms with Crippen LogP contribution >= 0.6 is 0 Å². The molecule has 0 bridgehead atoms. The Labute approximate surface area is 153 Å². The molecule has 0 unspecified atom stereocenters. The summed E-state index contributed by atoms with van der Waals surface area (Å²) in [6, 6.07) is 0. The lowest BCUT2D eigenvalue weighted by Crippen LogP contribution is -2.39. The highest BCUT2D eigenvalue weighted by Gasteiger charge is 2.59. The van der Waals surface area contributed by atoms with E-state index in [0.29, 0.717) is 17.6 Å². The number of carbonyl (C=O) groups is 2. The number of carbonyl (C=O) groups excluding carboxylic acids is 2. The summed E-state index contributed by atoms with van der Waals surface area (Å²) in [5.41, 5.74) is 1.11. The van der Waals surface area contributed by atoms with E-state index < -0.39 is 35.7 Å². The van der Waals surface area contributed by atoms with E-state index in [1.807, 2.05) is 13.0 Å². The first-order chi connectivity index (χ1) is 12.3. The second-order valence-electron chi connectivity index (χ2n) is 7.42. The van der Waals surface area contributed by atoms with Crippen LogP contribution in [-0.4, -0.2) is 47.6 Å². The van der Waals surface area contributed by atoms with Crippen molar-refractivity contribution >= 4 is 11.9 Å². The molecule has 142 valence electrons. The molecule has 6 heteroatoms. The minimum atomic E-state index is -0.733. The minimum Gasteiger partial charge on any atom is -0.458 e. The van der Waals surface area contributed by atoms with Crippen LogP contribution in [0.3, 0.4) is 0 Å². The molecule has 1 aliphatic carbocycles. The summed E-state index contributed by atoms with van der Waals surface area (Å²) in [5, 5.41) is 9.89. The molecular weight excluding hydrogens is 336 g/mol. The Morgan fingerprint density at radius 1 is 1.54 bits per heavy atom. The molecule has 0 radical (unpaired) electrons.